The van der Waals surface area contributed by atoms with Crippen molar-refractivity contribution in [3.63, 3.8) is 0 Å². The lowest BCUT2D eigenvalue weighted by Gasteiger charge is -2.26. The van der Waals surface area contributed by atoms with Gasteiger partial charge in [-0.3, -0.25) is 14.3 Å². The van der Waals surface area contributed by atoms with Crippen LogP contribution in [-0.2, 0) is 7.05 Å². The predicted octanol–water partition coefficient (Wildman–Crippen LogP) is 2.18. The van der Waals surface area contributed by atoms with Gasteiger partial charge < -0.3 is 10.4 Å². The van der Waals surface area contributed by atoms with Crippen molar-refractivity contribution in [3.05, 3.63) is 63.7 Å². The van der Waals surface area contributed by atoms with E-state index in [0.717, 1.165) is 4.68 Å². The Morgan fingerprint density at radius 3 is 2.48 bits per heavy atom. The smallest absolute Gasteiger partial charge is 0.284 e. The first-order valence-corrected chi connectivity index (χ1v) is 9.36. The first kappa shape index (κ1) is 20.8. The molecule has 0 aliphatic carbocycles. The fraction of sp³-hybridized carbons (Fsp3) is 0.300. The minimum atomic E-state index is -1.15. The van der Waals surface area contributed by atoms with Crippen molar-refractivity contribution in [2.45, 2.75) is 32.4 Å². The Kier molecular flexibility index (Phi) is 5.59. The van der Waals surface area contributed by atoms with Gasteiger partial charge in [0.05, 0.1) is 29.7 Å². The molecule has 0 fully saturated rings. The topological polar surface area (TPSA) is 102 Å². The average Bonchev–Trinajstić information content (AvgIpc) is 3.08. The molecule has 0 aliphatic heterocycles. The van der Waals surface area contributed by atoms with E-state index < -0.39 is 23.1 Å². The van der Waals surface area contributed by atoms with E-state index in [0.29, 0.717) is 22.0 Å². The normalized spacial score (nSPS) is 12.6. The van der Waals surface area contributed by atoms with Crippen LogP contribution in [0.1, 0.15) is 31.1 Å². The Bertz CT molecular complexity index is 1100. The monoisotopic (exact) mass is 415 g/mol. The average molecular weight is 416 g/mol. The Hall–Kier alpha value is -2.97. The van der Waals surface area contributed by atoms with E-state index in [9.17, 15) is 14.7 Å². The highest BCUT2D eigenvalue weighted by molar-refractivity contribution is 6.30. The molecule has 0 unspecified atom stereocenters. The van der Waals surface area contributed by atoms with Gasteiger partial charge >= 0.3 is 0 Å². The van der Waals surface area contributed by atoms with E-state index in [1.807, 2.05) is 0 Å². The number of halogens is 1. The first-order chi connectivity index (χ1) is 13.6. The third-order valence-corrected chi connectivity index (χ3v) is 4.89. The van der Waals surface area contributed by atoms with Crippen LogP contribution in [0.25, 0.3) is 16.9 Å². The van der Waals surface area contributed by atoms with Crippen molar-refractivity contribution < 1.29 is 9.90 Å². The summed E-state index contributed by atoms with van der Waals surface area (Å²) in [6.07, 6.45) is 3.11. The molecule has 0 radical (unpaired) electrons. The molecule has 29 heavy (non-hydrogen) atoms. The SMILES string of the molecule is C[C@H](NC(=O)c1cc(-c2ccc(Cl)cc2)nn(-c2cnn(C)c2)c1=O)C(C)(C)O. The summed E-state index contributed by atoms with van der Waals surface area (Å²) < 4.78 is 2.68. The minimum Gasteiger partial charge on any atom is -0.388 e. The number of aromatic nitrogens is 4. The zero-order valence-corrected chi connectivity index (χ0v) is 17.3. The van der Waals surface area contributed by atoms with Crippen molar-refractivity contribution in [2.75, 3.05) is 0 Å². The summed E-state index contributed by atoms with van der Waals surface area (Å²) in [5.74, 6) is -0.597. The van der Waals surface area contributed by atoms with Gasteiger partial charge in [-0.2, -0.15) is 14.9 Å². The molecule has 1 aromatic carbocycles. The second-order valence-corrected chi connectivity index (χ2v) is 7.82. The van der Waals surface area contributed by atoms with Crippen LogP contribution in [0.5, 0.6) is 0 Å². The second-order valence-electron chi connectivity index (χ2n) is 7.39. The Morgan fingerprint density at radius 1 is 1.28 bits per heavy atom. The fourth-order valence-electron chi connectivity index (χ4n) is 2.56. The molecule has 8 nitrogen and oxygen atoms in total. The van der Waals surface area contributed by atoms with E-state index in [-0.39, 0.29) is 5.56 Å². The van der Waals surface area contributed by atoms with Gasteiger partial charge in [0.1, 0.15) is 11.3 Å². The van der Waals surface area contributed by atoms with Gasteiger partial charge in [0, 0.05) is 17.6 Å². The van der Waals surface area contributed by atoms with Crippen molar-refractivity contribution in [3.8, 4) is 16.9 Å². The van der Waals surface area contributed by atoms with E-state index in [4.69, 9.17) is 11.6 Å². The number of nitrogens with one attached hydrogen (secondary N) is 1. The molecule has 3 rings (SSSR count). The van der Waals surface area contributed by atoms with Gasteiger partial charge in [0.2, 0.25) is 0 Å². The third kappa shape index (κ3) is 4.55. The standard InChI is InChI=1S/C20H22ClN5O3/c1-12(20(2,3)29)23-18(27)16-9-17(13-5-7-14(21)8-6-13)24-26(19(16)28)15-10-22-25(4)11-15/h5-12,29H,1-4H3,(H,23,27)/t12-/m0/s1. The van der Waals surface area contributed by atoms with Crippen molar-refractivity contribution in [1.82, 2.24) is 24.9 Å². The summed E-state index contributed by atoms with van der Waals surface area (Å²) in [7, 11) is 1.72. The van der Waals surface area contributed by atoms with Crippen molar-refractivity contribution >= 4 is 17.5 Å². The third-order valence-electron chi connectivity index (χ3n) is 4.64. The quantitative estimate of drug-likeness (QED) is 0.665. The zero-order chi connectivity index (χ0) is 21.3. The van der Waals surface area contributed by atoms with Gasteiger partial charge in [-0.05, 0) is 39.0 Å². The molecule has 152 valence electrons. The number of hydrogen-bond donors (Lipinski definition) is 2. The lowest BCUT2D eigenvalue weighted by molar-refractivity contribution is 0.0408. The summed E-state index contributed by atoms with van der Waals surface area (Å²) in [6, 6.07) is 7.77. The number of aliphatic hydroxyl groups is 1. The molecule has 2 aromatic heterocycles. The molecule has 3 aromatic rings. The molecular formula is C20H22ClN5O3. The van der Waals surface area contributed by atoms with Crippen molar-refractivity contribution in [2.24, 2.45) is 7.05 Å². The number of nitrogens with zero attached hydrogens (tertiary/aromatic N) is 4. The van der Waals surface area contributed by atoms with Gasteiger partial charge in [0.15, 0.2) is 0 Å². The van der Waals surface area contributed by atoms with Crippen LogP contribution in [0.3, 0.4) is 0 Å². The molecule has 0 spiro atoms. The molecule has 2 N–H and O–H groups in total. The molecule has 0 aliphatic rings. The minimum absolute atomic E-state index is 0.0927. The zero-order valence-electron chi connectivity index (χ0n) is 16.5. The number of benzene rings is 1. The number of carbonyl (C=O) groups excluding carboxylic acids is 1. The summed E-state index contributed by atoms with van der Waals surface area (Å²) in [4.78, 5) is 25.9. The van der Waals surface area contributed by atoms with E-state index >= 15 is 0 Å². The Morgan fingerprint density at radius 2 is 1.93 bits per heavy atom. The number of aryl methyl sites for hydroxylation is 1. The fourth-order valence-corrected chi connectivity index (χ4v) is 2.69. The number of rotatable bonds is 5. The van der Waals surface area contributed by atoms with E-state index in [1.54, 1.807) is 58.3 Å². The molecule has 0 bridgehead atoms. The van der Waals surface area contributed by atoms with Gasteiger partial charge in [-0.1, -0.05) is 23.7 Å². The largest absolute Gasteiger partial charge is 0.388 e. The van der Waals surface area contributed by atoms with Crippen molar-refractivity contribution in [1.29, 1.82) is 0 Å². The van der Waals surface area contributed by atoms with E-state index in [1.165, 1.54) is 16.9 Å². The maximum atomic E-state index is 13.0. The van der Waals surface area contributed by atoms with Crippen LogP contribution in [0.15, 0.2) is 47.5 Å². The van der Waals surface area contributed by atoms with Crippen LogP contribution < -0.4 is 10.9 Å². The van der Waals surface area contributed by atoms with Crippen LogP contribution in [0.2, 0.25) is 5.02 Å². The second kappa shape index (κ2) is 7.81. The van der Waals surface area contributed by atoms with Gasteiger partial charge in [-0.15, -0.1) is 0 Å². The lowest BCUT2D eigenvalue weighted by atomic mass is 10.0. The molecule has 9 heteroatoms. The predicted molar refractivity (Wildman–Crippen MR) is 110 cm³/mol. The Balaban J connectivity index is 2.14. The molecule has 1 atom stereocenters. The summed E-state index contributed by atoms with van der Waals surface area (Å²) in [5.41, 5.74) is -0.286. The number of hydrogen-bond acceptors (Lipinski definition) is 5. The summed E-state index contributed by atoms with van der Waals surface area (Å²) >= 11 is 5.96. The molecule has 2 heterocycles. The van der Waals surface area contributed by atoms with Gasteiger partial charge in [-0.25, -0.2) is 0 Å². The highest BCUT2D eigenvalue weighted by Crippen LogP contribution is 2.20. The molecule has 0 saturated carbocycles. The lowest BCUT2D eigenvalue weighted by Crippen LogP contribution is -2.48. The number of amides is 1. The van der Waals surface area contributed by atoms with Crippen LogP contribution in [-0.4, -0.2) is 42.2 Å². The highest BCUT2D eigenvalue weighted by atomic mass is 35.5. The first-order valence-electron chi connectivity index (χ1n) is 8.99. The molecular weight excluding hydrogens is 394 g/mol. The maximum absolute atomic E-state index is 13.0. The molecule has 1 amide bonds. The highest BCUT2D eigenvalue weighted by Gasteiger charge is 2.26. The van der Waals surface area contributed by atoms with Gasteiger partial charge in [0.25, 0.3) is 11.5 Å². The Labute approximate surface area is 172 Å². The molecule has 0 saturated heterocycles. The van der Waals surface area contributed by atoms with Crippen LogP contribution in [0, 0.1) is 0 Å². The number of carbonyl (C=O) groups is 1. The van der Waals surface area contributed by atoms with Crippen LogP contribution in [0.4, 0.5) is 0 Å². The summed E-state index contributed by atoms with van der Waals surface area (Å²) in [6.45, 7) is 4.83. The van der Waals surface area contributed by atoms with Crippen LogP contribution >= 0.6 is 11.6 Å². The maximum Gasteiger partial charge on any atom is 0.284 e. The summed E-state index contributed by atoms with van der Waals surface area (Å²) in [5, 5.41) is 21.8. The van der Waals surface area contributed by atoms with E-state index in [2.05, 4.69) is 15.5 Å².